The Hall–Kier alpha value is -0.210. The predicted molar refractivity (Wildman–Crippen MR) is 71.3 cm³/mol. The quantitative estimate of drug-likeness (QED) is 0.514. The first kappa shape index (κ1) is 16.8. The van der Waals surface area contributed by atoms with Gasteiger partial charge in [-0.1, -0.05) is 6.92 Å². The van der Waals surface area contributed by atoms with Crippen LogP contribution >= 0.6 is 0 Å². The molecule has 0 radical (unpaired) electrons. The lowest BCUT2D eigenvalue weighted by atomic mass is 10.4. The molecule has 0 saturated carbocycles. The first-order valence-electron chi connectivity index (χ1n) is 5.98. The highest BCUT2D eigenvalue weighted by Gasteiger charge is 2.15. The largest absolute Gasteiger partial charge is 0.320 e. The van der Waals surface area contributed by atoms with Crippen molar-refractivity contribution in [3.05, 3.63) is 0 Å². The number of rotatable bonds is 10. The molecule has 0 amide bonds. The van der Waals surface area contributed by atoms with E-state index in [-0.39, 0.29) is 0 Å². The summed E-state index contributed by atoms with van der Waals surface area (Å²) in [5, 5.41) is 2.99. The summed E-state index contributed by atoms with van der Waals surface area (Å²) in [7, 11) is 2.10. The van der Waals surface area contributed by atoms with Gasteiger partial charge < -0.3 is 10.2 Å². The molecule has 0 bridgehead atoms. The summed E-state index contributed by atoms with van der Waals surface area (Å²) < 4.78 is 27.5. The second-order valence-corrected chi connectivity index (χ2v) is 5.94. The average molecular weight is 266 g/mol. The molecule has 2 N–H and O–H groups in total. The fourth-order valence-corrected chi connectivity index (χ4v) is 2.17. The number of nitrogens with zero attached hydrogens (tertiary/aromatic N) is 2. The molecule has 6 nitrogen and oxygen atoms in total. The van der Waals surface area contributed by atoms with Crippen molar-refractivity contribution in [3.8, 4) is 0 Å². The van der Waals surface area contributed by atoms with Crippen LogP contribution in [0.3, 0.4) is 0 Å². The van der Waals surface area contributed by atoms with E-state index in [1.54, 1.807) is 7.05 Å². The topological polar surface area (TPSA) is 64.7 Å². The van der Waals surface area contributed by atoms with Gasteiger partial charge in [0.15, 0.2) is 0 Å². The Kier molecular flexibility index (Phi) is 8.71. The number of hydrogen-bond donors (Lipinski definition) is 2. The van der Waals surface area contributed by atoms with Gasteiger partial charge >= 0.3 is 0 Å². The van der Waals surface area contributed by atoms with E-state index >= 15 is 0 Å². The molecule has 0 rings (SSSR count). The van der Waals surface area contributed by atoms with Crippen LogP contribution < -0.4 is 10.0 Å². The van der Waals surface area contributed by atoms with Gasteiger partial charge in [0, 0.05) is 26.7 Å². The molecule has 0 aliphatic heterocycles. The van der Waals surface area contributed by atoms with Gasteiger partial charge in [-0.15, -0.1) is 0 Å². The van der Waals surface area contributed by atoms with E-state index in [2.05, 4.69) is 14.9 Å². The van der Waals surface area contributed by atoms with Crippen molar-refractivity contribution in [1.29, 1.82) is 0 Å². The molecule has 0 heterocycles. The van der Waals surface area contributed by atoms with Crippen molar-refractivity contribution in [2.75, 3.05) is 53.9 Å². The molecular formula is C10H26N4O2S. The summed E-state index contributed by atoms with van der Waals surface area (Å²) in [6, 6.07) is 0. The summed E-state index contributed by atoms with van der Waals surface area (Å²) in [4.78, 5) is 2.06. The zero-order chi connectivity index (χ0) is 13.3. The van der Waals surface area contributed by atoms with E-state index in [1.807, 2.05) is 21.0 Å². The Bertz CT molecular complexity index is 282. The standard InChI is InChI=1S/C10H26N4O2S/c1-5-13(3)10-8-12-17(15,16)14(4)9-6-7-11-2/h11-12H,5-10H2,1-4H3. The molecule has 0 fully saturated rings. The fraction of sp³-hybridized carbons (Fsp3) is 1.00. The maximum absolute atomic E-state index is 11.8. The molecule has 0 unspecified atom stereocenters. The van der Waals surface area contributed by atoms with Crippen LogP contribution in [-0.2, 0) is 10.2 Å². The first-order chi connectivity index (χ1) is 7.94. The van der Waals surface area contributed by atoms with Crippen LogP contribution in [0.2, 0.25) is 0 Å². The molecule has 0 aromatic rings. The van der Waals surface area contributed by atoms with Gasteiger partial charge in [-0.3, -0.25) is 0 Å². The third-order valence-corrected chi connectivity index (χ3v) is 4.20. The van der Waals surface area contributed by atoms with Crippen LogP contribution in [0, 0.1) is 0 Å². The van der Waals surface area contributed by atoms with Crippen molar-refractivity contribution >= 4 is 10.2 Å². The summed E-state index contributed by atoms with van der Waals surface area (Å²) in [5.41, 5.74) is 0. The van der Waals surface area contributed by atoms with Crippen LogP contribution in [0.1, 0.15) is 13.3 Å². The van der Waals surface area contributed by atoms with Gasteiger partial charge in [0.2, 0.25) is 0 Å². The smallest absolute Gasteiger partial charge is 0.279 e. The summed E-state index contributed by atoms with van der Waals surface area (Å²) >= 11 is 0. The highest BCUT2D eigenvalue weighted by molar-refractivity contribution is 7.87. The predicted octanol–water partition coefficient (Wildman–Crippen LogP) is -0.686. The lowest BCUT2D eigenvalue weighted by Gasteiger charge is -2.19. The molecule has 0 aromatic carbocycles. The third-order valence-electron chi connectivity index (χ3n) is 2.63. The molecule has 0 aromatic heterocycles. The molecule has 0 aliphatic rings. The minimum absolute atomic E-state index is 0.447. The Balaban J connectivity index is 3.92. The molecule has 17 heavy (non-hydrogen) atoms. The van der Waals surface area contributed by atoms with E-state index in [0.29, 0.717) is 13.1 Å². The van der Waals surface area contributed by atoms with Crippen LogP contribution in [0.25, 0.3) is 0 Å². The second-order valence-electron chi connectivity index (χ2n) is 4.07. The zero-order valence-corrected chi connectivity index (χ0v) is 12.2. The maximum Gasteiger partial charge on any atom is 0.279 e. The number of hydrogen-bond acceptors (Lipinski definition) is 4. The van der Waals surface area contributed by atoms with Gasteiger partial charge in [0.25, 0.3) is 10.2 Å². The van der Waals surface area contributed by atoms with Crippen molar-refractivity contribution in [1.82, 2.24) is 19.2 Å². The van der Waals surface area contributed by atoms with E-state index in [1.165, 1.54) is 4.31 Å². The SMILES string of the molecule is CCN(C)CCNS(=O)(=O)N(C)CCCNC. The van der Waals surface area contributed by atoms with E-state index in [0.717, 1.165) is 26.1 Å². The van der Waals surface area contributed by atoms with Gasteiger partial charge in [0.1, 0.15) is 0 Å². The lowest BCUT2D eigenvalue weighted by molar-refractivity contribution is 0.355. The van der Waals surface area contributed by atoms with Gasteiger partial charge in [-0.2, -0.15) is 12.7 Å². The van der Waals surface area contributed by atoms with Crippen molar-refractivity contribution in [2.45, 2.75) is 13.3 Å². The van der Waals surface area contributed by atoms with Crippen LogP contribution in [0.15, 0.2) is 0 Å². The van der Waals surface area contributed by atoms with E-state index in [4.69, 9.17) is 0 Å². The average Bonchev–Trinajstić information content (AvgIpc) is 2.28. The molecule has 7 heteroatoms. The van der Waals surface area contributed by atoms with Gasteiger partial charge in [0.05, 0.1) is 0 Å². The van der Waals surface area contributed by atoms with Gasteiger partial charge in [-0.05, 0) is 33.6 Å². The normalized spacial score (nSPS) is 12.6. The molecule has 104 valence electrons. The van der Waals surface area contributed by atoms with E-state index in [9.17, 15) is 8.42 Å². The van der Waals surface area contributed by atoms with Gasteiger partial charge in [-0.25, -0.2) is 4.72 Å². The fourth-order valence-electron chi connectivity index (χ4n) is 1.23. The minimum atomic E-state index is -3.32. The summed E-state index contributed by atoms with van der Waals surface area (Å²) in [5.74, 6) is 0. The highest BCUT2D eigenvalue weighted by atomic mass is 32.2. The maximum atomic E-state index is 11.8. The number of likely N-dealkylation sites (N-methyl/N-ethyl adjacent to an activating group) is 1. The van der Waals surface area contributed by atoms with Crippen LogP contribution in [0.4, 0.5) is 0 Å². The highest BCUT2D eigenvalue weighted by Crippen LogP contribution is 1.95. The summed E-state index contributed by atoms with van der Waals surface area (Å²) in [6.07, 6.45) is 0.808. The number of nitrogens with one attached hydrogen (secondary N) is 2. The molecule has 0 spiro atoms. The molecule has 0 aliphatic carbocycles. The van der Waals surface area contributed by atoms with Crippen molar-refractivity contribution in [2.24, 2.45) is 0 Å². The second kappa shape index (κ2) is 8.82. The molecule has 0 atom stereocenters. The zero-order valence-electron chi connectivity index (χ0n) is 11.4. The minimum Gasteiger partial charge on any atom is -0.320 e. The van der Waals surface area contributed by atoms with Crippen LogP contribution in [-0.4, -0.2) is 71.5 Å². The Labute approximate surface area is 106 Å². The Morgan fingerprint density at radius 2 is 1.76 bits per heavy atom. The van der Waals surface area contributed by atoms with Crippen molar-refractivity contribution in [3.63, 3.8) is 0 Å². The Morgan fingerprint density at radius 3 is 2.29 bits per heavy atom. The first-order valence-corrected chi connectivity index (χ1v) is 7.42. The van der Waals surface area contributed by atoms with Crippen molar-refractivity contribution < 1.29 is 8.42 Å². The van der Waals surface area contributed by atoms with E-state index < -0.39 is 10.2 Å². The monoisotopic (exact) mass is 266 g/mol. The molecular weight excluding hydrogens is 240 g/mol. The lowest BCUT2D eigenvalue weighted by Crippen LogP contribution is -2.42. The molecule has 0 saturated heterocycles. The van der Waals surface area contributed by atoms with Crippen LogP contribution in [0.5, 0.6) is 0 Å². The summed E-state index contributed by atoms with van der Waals surface area (Å²) in [6.45, 7) is 5.47. The Morgan fingerprint density at radius 1 is 1.12 bits per heavy atom. The third kappa shape index (κ3) is 7.67.